The van der Waals surface area contributed by atoms with Gasteiger partial charge >= 0.3 is 0 Å². The Hall–Kier alpha value is -2.85. The molecule has 0 bridgehead atoms. The van der Waals surface area contributed by atoms with Crippen molar-refractivity contribution in [2.45, 2.75) is 23.8 Å². The van der Waals surface area contributed by atoms with Crippen molar-refractivity contribution >= 4 is 10.0 Å². The smallest absolute Gasteiger partial charge is 0.247 e. The fourth-order valence-corrected chi connectivity index (χ4v) is 5.16. The van der Waals surface area contributed by atoms with Crippen LogP contribution in [0.15, 0.2) is 47.6 Å². The summed E-state index contributed by atoms with van der Waals surface area (Å²) >= 11 is 0. The molecular formula is C18H18FN5O3S. The lowest BCUT2D eigenvalue weighted by Crippen LogP contribution is -2.31. The predicted octanol–water partition coefficient (Wildman–Crippen LogP) is 2.54. The molecule has 2 aromatic heterocycles. The summed E-state index contributed by atoms with van der Waals surface area (Å²) in [6.07, 6.45) is 4.52. The molecule has 1 aliphatic rings. The molecule has 0 amide bonds. The van der Waals surface area contributed by atoms with Crippen molar-refractivity contribution in [3.8, 4) is 17.1 Å². The number of hydrogen-bond acceptors (Lipinski definition) is 6. The molecule has 1 unspecified atom stereocenters. The second-order valence-electron chi connectivity index (χ2n) is 6.35. The Morgan fingerprint density at radius 3 is 2.93 bits per heavy atom. The Kier molecular flexibility index (Phi) is 4.82. The predicted molar refractivity (Wildman–Crippen MR) is 98.4 cm³/mol. The van der Waals surface area contributed by atoms with E-state index in [1.165, 1.54) is 17.5 Å². The first-order chi connectivity index (χ1) is 13.5. The molecule has 0 spiro atoms. The molecule has 10 heteroatoms. The normalized spacial score (nSPS) is 17.7. The minimum absolute atomic E-state index is 0.0978. The lowest BCUT2D eigenvalue weighted by molar-refractivity contribution is 0.372. The Labute approximate surface area is 161 Å². The first-order valence-electron chi connectivity index (χ1n) is 8.69. The third-order valence-corrected chi connectivity index (χ3v) is 6.58. The first-order valence-corrected chi connectivity index (χ1v) is 10.1. The standard InChI is InChI=1S/C18H18FN5O3S/c1-27-15-7-6-13(19)10-16(15)28(25,26)24-9-3-5-14(24)18-21-17(22-23-18)12-4-2-8-20-11-12/h2,4,6-8,10-11,14H,3,5,9H2,1H3,(H,21,22,23). The number of nitrogens with one attached hydrogen (secondary N) is 1. The average Bonchev–Trinajstić information content (AvgIpc) is 3.38. The number of methoxy groups -OCH3 is 1. The molecule has 1 N–H and O–H groups in total. The van der Waals surface area contributed by atoms with Crippen molar-refractivity contribution in [2.75, 3.05) is 13.7 Å². The molecule has 28 heavy (non-hydrogen) atoms. The molecule has 146 valence electrons. The van der Waals surface area contributed by atoms with Gasteiger partial charge < -0.3 is 4.74 Å². The topological polar surface area (TPSA) is 101 Å². The molecule has 1 aliphatic heterocycles. The Balaban J connectivity index is 1.69. The van der Waals surface area contributed by atoms with Crippen LogP contribution < -0.4 is 4.74 Å². The van der Waals surface area contributed by atoms with E-state index in [1.807, 2.05) is 6.07 Å². The van der Waals surface area contributed by atoms with Crippen molar-refractivity contribution < 1.29 is 17.5 Å². The van der Waals surface area contributed by atoms with Gasteiger partial charge in [0.2, 0.25) is 10.0 Å². The van der Waals surface area contributed by atoms with Crippen LogP contribution in [0.4, 0.5) is 4.39 Å². The largest absolute Gasteiger partial charge is 0.495 e. The van der Waals surface area contributed by atoms with E-state index in [-0.39, 0.29) is 10.6 Å². The van der Waals surface area contributed by atoms with Gasteiger partial charge in [-0.15, -0.1) is 0 Å². The highest BCUT2D eigenvalue weighted by molar-refractivity contribution is 7.89. The number of ether oxygens (including phenoxy) is 1. The molecule has 0 aliphatic carbocycles. The SMILES string of the molecule is COc1ccc(F)cc1S(=O)(=O)N1CCCC1c1nc(-c2cccnc2)n[nH]1. The molecule has 1 atom stereocenters. The van der Waals surface area contributed by atoms with Crippen LogP contribution in [0, 0.1) is 5.82 Å². The minimum atomic E-state index is -3.99. The molecule has 8 nitrogen and oxygen atoms in total. The van der Waals surface area contributed by atoms with Crippen molar-refractivity contribution in [1.29, 1.82) is 0 Å². The fraction of sp³-hybridized carbons (Fsp3) is 0.278. The van der Waals surface area contributed by atoms with E-state index in [1.54, 1.807) is 18.5 Å². The van der Waals surface area contributed by atoms with Crippen molar-refractivity contribution in [2.24, 2.45) is 0 Å². The molecule has 1 saturated heterocycles. The van der Waals surface area contributed by atoms with Gasteiger partial charge in [-0.2, -0.15) is 9.40 Å². The van der Waals surface area contributed by atoms with Crippen LogP contribution >= 0.6 is 0 Å². The number of aromatic amines is 1. The third kappa shape index (κ3) is 3.25. The first kappa shape index (κ1) is 18.5. The van der Waals surface area contributed by atoms with Gasteiger partial charge in [0, 0.05) is 24.5 Å². The van der Waals surface area contributed by atoms with E-state index in [9.17, 15) is 12.8 Å². The zero-order valence-corrected chi connectivity index (χ0v) is 15.9. The van der Waals surface area contributed by atoms with E-state index in [4.69, 9.17) is 4.74 Å². The summed E-state index contributed by atoms with van der Waals surface area (Å²) < 4.78 is 46.7. The molecule has 3 heterocycles. The maximum atomic E-state index is 13.7. The molecular weight excluding hydrogens is 385 g/mol. The Bertz CT molecular complexity index is 1090. The highest BCUT2D eigenvalue weighted by atomic mass is 32.2. The van der Waals surface area contributed by atoms with Gasteiger partial charge in [0.05, 0.1) is 13.2 Å². The minimum Gasteiger partial charge on any atom is -0.495 e. The van der Waals surface area contributed by atoms with Crippen LogP contribution in [0.3, 0.4) is 0 Å². The lowest BCUT2D eigenvalue weighted by Gasteiger charge is -2.23. The second-order valence-corrected chi connectivity index (χ2v) is 8.21. The van der Waals surface area contributed by atoms with Gasteiger partial charge in [-0.05, 0) is 43.2 Å². The maximum absolute atomic E-state index is 13.7. The second kappa shape index (κ2) is 7.28. The molecule has 0 radical (unpaired) electrons. The number of halogens is 1. The molecule has 1 fully saturated rings. The van der Waals surface area contributed by atoms with Crippen molar-refractivity contribution in [1.82, 2.24) is 24.5 Å². The van der Waals surface area contributed by atoms with E-state index >= 15 is 0 Å². The molecule has 3 aromatic rings. The van der Waals surface area contributed by atoms with Crippen LogP contribution in [0.1, 0.15) is 24.7 Å². The summed E-state index contributed by atoms with van der Waals surface area (Å²) in [5.74, 6) is 0.334. The van der Waals surface area contributed by atoms with Crippen LogP contribution in [0.2, 0.25) is 0 Å². The number of rotatable bonds is 5. The van der Waals surface area contributed by atoms with Crippen LogP contribution in [0.5, 0.6) is 5.75 Å². The lowest BCUT2D eigenvalue weighted by atomic mass is 10.2. The van der Waals surface area contributed by atoms with Gasteiger partial charge in [0.25, 0.3) is 0 Å². The van der Waals surface area contributed by atoms with Gasteiger partial charge in [-0.25, -0.2) is 17.8 Å². The number of hydrogen-bond donors (Lipinski definition) is 1. The van der Waals surface area contributed by atoms with E-state index < -0.39 is 21.9 Å². The zero-order valence-electron chi connectivity index (χ0n) is 15.0. The highest BCUT2D eigenvalue weighted by Crippen LogP contribution is 2.38. The maximum Gasteiger partial charge on any atom is 0.247 e. The van der Waals surface area contributed by atoms with Gasteiger partial charge in [0.1, 0.15) is 22.3 Å². The molecule has 0 saturated carbocycles. The molecule has 1 aromatic carbocycles. The van der Waals surface area contributed by atoms with Crippen LogP contribution in [-0.4, -0.2) is 46.5 Å². The van der Waals surface area contributed by atoms with E-state index in [0.29, 0.717) is 31.0 Å². The number of nitrogens with zero attached hydrogens (tertiary/aromatic N) is 4. The highest BCUT2D eigenvalue weighted by Gasteiger charge is 2.39. The number of sulfonamides is 1. The summed E-state index contributed by atoms with van der Waals surface area (Å²) in [4.78, 5) is 8.30. The summed E-state index contributed by atoms with van der Waals surface area (Å²) in [6, 6.07) is 6.52. The quantitative estimate of drug-likeness (QED) is 0.703. The zero-order chi connectivity index (χ0) is 19.7. The van der Waals surface area contributed by atoms with Crippen LogP contribution in [0.25, 0.3) is 11.4 Å². The van der Waals surface area contributed by atoms with Gasteiger partial charge in [-0.3, -0.25) is 10.1 Å². The number of pyridine rings is 1. The van der Waals surface area contributed by atoms with E-state index in [2.05, 4.69) is 20.2 Å². The van der Waals surface area contributed by atoms with Gasteiger partial charge in [0.15, 0.2) is 5.82 Å². The fourth-order valence-electron chi connectivity index (χ4n) is 3.33. The van der Waals surface area contributed by atoms with Gasteiger partial charge in [-0.1, -0.05) is 0 Å². The summed E-state index contributed by atoms with van der Waals surface area (Å²) in [5, 5.41) is 7.03. The van der Waals surface area contributed by atoms with Crippen molar-refractivity contribution in [3.05, 3.63) is 54.4 Å². The summed E-state index contributed by atoms with van der Waals surface area (Å²) in [7, 11) is -2.64. The Morgan fingerprint density at radius 2 is 2.18 bits per heavy atom. The number of H-pyrrole nitrogens is 1. The average molecular weight is 403 g/mol. The number of benzene rings is 1. The molecule has 4 rings (SSSR count). The number of aromatic nitrogens is 4. The Morgan fingerprint density at radius 1 is 1.32 bits per heavy atom. The van der Waals surface area contributed by atoms with E-state index in [0.717, 1.165) is 17.7 Å². The summed E-state index contributed by atoms with van der Waals surface area (Å²) in [6.45, 7) is 0.301. The van der Waals surface area contributed by atoms with Crippen LogP contribution in [-0.2, 0) is 10.0 Å². The monoisotopic (exact) mass is 403 g/mol. The summed E-state index contributed by atoms with van der Waals surface area (Å²) in [5.41, 5.74) is 0.726. The van der Waals surface area contributed by atoms with Crippen molar-refractivity contribution in [3.63, 3.8) is 0 Å². The third-order valence-electron chi connectivity index (χ3n) is 4.65.